The molecule has 0 aliphatic carbocycles. The summed E-state index contributed by atoms with van der Waals surface area (Å²) in [6.07, 6.45) is 0. The van der Waals surface area contributed by atoms with E-state index in [-0.39, 0.29) is 28.5 Å². The van der Waals surface area contributed by atoms with Gasteiger partial charge in [0.25, 0.3) is 5.56 Å². The van der Waals surface area contributed by atoms with Gasteiger partial charge in [0.15, 0.2) is 5.16 Å². The first-order chi connectivity index (χ1) is 16.3. The molecule has 0 aliphatic heterocycles. The number of aryl methyl sites for hydroxylation is 2. The number of carbonyl (C=O) groups is 1. The number of esters is 1. The molecule has 0 aliphatic rings. The van der Waals surface area contributed by atoms with Gasteiger partial charge >= 0.3 is 5.97 Å². The van der Waals surface area contributed by atoms with Gasteiger partial charge in [-0.1, -0.05) is 30.0 Å². The highest BCUT2D eigenvalue weighted by Crippen LogP contribution is 2.36. The Balaban J connectivity index is 1.85. The van der Waals surface area contributed by atoms with Crippen molar-refractivity contribution >= 4 is 45.0 Å². The van der Waals surface area contributed by atoms with Gasteiger partial charge in [0.1, 0.15) is 15.9 Å². The average molecular weight is 491 g/mol. The second kappa shape index (κ2) is 9.71. The molecule has 7 nitrogen and oxygen atoms in total. The lowest BCUT2D eigenvalue weighted by atomic mass is 10.1. The molecule has 172 valence electrons. The summed E-state index contributed by atoms with van der Waals surface area (Å²) in [5.74, 6) is -0.297. The number of aromatic nitrogens is 2. The summed E-state index contributed by atoms with van der Waals surface area (Å²) in [5.41, 5.74) is 10.0. The molecular formula is C25H22N4O3S2. The zero-order valence-electron chi connectivity index (χ0n) is 18.9. The van der Waals surface area contributed by atoms with Crippen molar-refractivity contribution in [3.8, 4) is 11.8 Å². The monoisotopic (exact) mass is 490 g/mol. The van der Waals surface area contributed by atoms with Crippen molar-refractivity contribution in [2.75, 3.05) is 12.3 Å². The van der Waals surface area contributed by atoms with E-state index in [0.717, 1.165) is 22.5 Å². The Labute approximate surface area is 204 Å². The molecule has 0 saturated carbocycles. The van der Waals surface area contributed by atoms with Crippen molar-refractivity contribution in [3.05, 3.63) is 79.9 Å². The highest BCUT2D eigenvalue weighted by atomic mass is 32.2. The van der Waals surface area contributed by atoms with Crippen LogP contribution in [0.15, 0.2) is 52.4 Å². The fraction of sp³-hybridized carbons (Fsp3) is 0.200. The predicted molar refractivity (Wildman–Crippen MR) is 136 cm³/mol. The Morgan fingerprint density at radius 3 is 2.71 bits per heavy atom. The molecular weight excluding hydrogens is 468 g/mol. The molecule has 0 saturated heterocycles. The first-order valence-electron chi connectivity index (χ1n) is 10.6. The van der Waals surface area contributed by atoms with E-state index in [0.29, 0.717) is 32.2 Å². The second-order valence-corrected chi connectivity index (χ2v) is 9.59. The van der Waals surface area contributed by atoms with Gasteiger partial charge in [-0.25, -0.2) is 9.78 Å². The van der Waals surface area contributed by atoms with Gasteiger partial charge in [-0.15, -0.1) is 11.3 Å². The average Bonchev–Trinajstić information content (AvgIpc) is 3.15. The zero-order chi connectivity index (χ0) is 24.4. The molecule has 0 spiro atoms. The van der Waals surface area contributed by atoms with Gasteiger partial charge in [0, 0.05) is 11.3 Å². The minimum absolute atomic E-state index is 0.188. The maximum absolute atomic E-state index is 13.5. The molecule has 2 aromatic heterocycles. The first kappa shape index (κ1) is 23.5. The number of hydrogen-bond donors (Lipinski definition) is 1. The summed E-state index contributed by atoms with van der Waals surface area (Å²) in [7, 11) is 0. The van der Waals surface area contributed by atoms with E-state index in [2.05, 4.69) is 6.07 Å². The Morgan fingerprint density at radius 1 is 1.24 bits per heavy atom. The van der Waals surface area contributed by atoms with Crippen LogP contribution in [0.4, 0.5) is 5.00 Å². The number of benzene rings is 2. The van der Waals surface area contributed by atoms with Crippen molar-refractivity contribution in [3.63, 3.8) is 0 Å². The number of thioether (sulfide) groups is 1. The van der Waals surface area contributed by atoms with Crippen LogP contribution in [-0.2, 0) is 10.5 Å². The molecule has 0 radical (unpaired) electrons. The van der Waals surface area contributed by atoms with Crippen LogP contribution in [0.25, 0.3) is 16.6 Å². The summed E-state index contributed by atoms with van der Waals surface area (Å²) < 4.78 is 6.73. The van der Waals surface area contributed by atoms with Gasteiger partial charge in [-0.05, 0) is 56.2 Å². The number of para-hydroxylation sites is 1. The summed E-state index contributed by atoms with van der Waals surface area (Å²) in [6.45, 7) is 5.93. The summed E-state index contributed by atoms with van der Waals surface area (Å²) in [4.78, 5) is 31.0. The summed E-state index contributed by atoms with van der Waals surface area (Å²) in [5, 5.41) is 10.9. The standard InChI is InChI=1S/C25H22N4O3S2/c1-4-32-24(31)21-19(18(12-26)22(27)34-21)13-33-25-28-20-8-6-5-7-17(20)23(30)29(25)16-10-9-14(2)15(3)11-16/h5-11H,4,13,27H2,1-3H3. The number of hydrogen-bond acceptors (Lipinski definition) is 8. The molecule has 34 heavy (non-hydrogen) atoms. The molecule has 0 fully saturated rings. The smallest absolute Gasteiger partial charge is 0.348 e. The lowest BCUT2D eigenvalue weighted by Gasteiger charge is -2.14. The molecule has 0 atom stereocenters. The number of nitrogens with zero attached hydrogens (tertiary/aromatic N) is 3. The van der Waals surface area contributed by atoms with Crippen LogP contribution in [0.2, 0.25) is 0 Å². The van der Waals surface area contributed by atoms with Crippen LogP contribution < -0.4 is 11.3 Å². The minimum atomic E-state index is -0.519. The van der Waals surface area contributed by atoms with Crippen LogP contribution in [0.3, 0.4) is 0 Å². The van der Waals surface area contributed by atoms with Crippen LogP contribution in [-0.4, -0.2) is 22.1 Å². The van der Waals surface area contributed by atoms with Crippen LogP contribution in [0.1, 0.15) is 38.8 Å². The topological polar surface area (TPSA) is 111 Å². The Kier molecular flexibility index (Phi) is 6.72. The van der Waals surface area contributed by atoms with Gasteiger partial charge in [0.2, 0.25) is 0 Å². The molecule has 2 heterocycles. The fourth-order valence-electron chi connectivity index (χ4n) is 3.54. The molecule has 0 amide bonds. The molecule has 9 heteroatoms. The maximum atomic E-state index is 13.5. The third-order valence-electron chi connectivity index (χ3n) is 5.45. The normalized spacial score (nSPS) is 10.9. The number of nitriles is 1. The number of rotatable bonds is 6. The van der Waals surface area contributed by atoms with E-state index in [1.807, 2.05) is 44.2 Å². The van der Waals surface area contributed by atoms with Gasteiger partial charge in [0.05, 0.1) is 28.8 Å². The molecule has 4 rings (SSSR count). The predicted octanol–water partition coefficient (Wildman–Crippen LogP) is 4.99. The molecule has 4 aromatic rings. The lowest BCUT2D eigenvalue weighted by molar-refractivity contribution is 0.0531. The molecule has 0 unspecified atom stereocenters. The van der Waals surface area contributed by atoms with Crippen molar-refractivity contribution < 1.29 is 9.53 Å². The summed E-state index contributed by atoms with van der Waals surface area (Å²) in [6, 6.07) is 15.1. The highest BCUT2D eigenvalue weighted by Gasteiger charge is 2.24. The highest BCUT2D eigenvalue weighted by molar-refractivity contribution is 7.98. The van der Waals surface area contributed by atoms with Gasteiger partial charge in [-0.2, -0.15) is 5.26 Å². The number of fused-ring (bicyclic) bond motifs is 1. The second-order valence-electron chi connectivity index (χ2n) is 7.59. The number of nitrogen functional groups attached to an aromatic ring is 1. The van der Waals surface area contributed by atoms with Crippen molar-refractivity contribution in [1.82, 2.24) is 9.55 Å². The van der Waals surface area contributed by atoms with Crippen LogP contribution in [0, 0.1) is 25.2 Å². The molecule has 2 N–H and O–H groups in total. The van der Waals surface area contributed by atoms with E-state index >= 15 is 0 Å². The van der Waals surface area contributed by atoms with Gasteiger partial charge < -0.3 is 10.5 Å². The van der Waals surface area contributed by atoms with Crippen molar-refractivity contribution in [1.29, 1.82) is 5.26 Å². The number of carbonyl (C=O) groups excluding carboxylic acids is 1. The third kappa shape index (κ3) is 4.30. The first-order valence-corrected chi connectivity index (χ1v) is 12.4. The summed E-state index contributed by atoms with van der Waals surface area (Å²) >= 11 is 2.31. The minimum Gasteiger partial charge on any atom is -0.462 e. The third-order valence-corrected chi connectivity index (χ3v) is 7.45. The lowest BCUT2D eigenvalue weighted by Crippen LogP contribution is -2.22. The maximum Gasteiger partial charge on any atom is 0.348 e. The molecule has 2 aromatic carbocycles. The largest absolute Gasteiger partial charge is 0.462 e. The van der Waals surface area contributed by atoms with E-state index in [4.69, 9.17) is 15.5 Å². The Bertz CT molecular complexity index is 1520. The van der Waals surface area contributed by atoms with E-state index in [9.17, 15) is 14.9 Å². The van der Waals surface area contributed by atoms with Crippen molar-refractivity contribution in [2.24, 2.45) is 0 Å². The quantitative estimate of drug-likeness (QED) is 0.230. The Hall–Kier alpha value is -3.61. The van der Waals surface area contributed by atoms with Gasteiger partial charge in [-0.3, -0.25) is 9.36 Å². The van der Waals surface area contributed by atoms with E-state index < -0.39 is 5.97 Å². The number of nitrogens with two attached hydrogens (primary N) is 1. The van der Waals surface area contributed by atoms with E-state index in [1.54, 1.807) is 23.6 Å². The van der Waals surface area contributed by atoms with Crippen molar-refractivity contribution in [2.45, 2.75) is 31.7 Å². The fourth-order valence-corrected chi connectivity index (χ4v) is 5.61. The van der Waals surface area contributed by atoms with E-state index in [1.165, 1.54) is 11.8 Å². The zero-order valence-corrected chi connectivity index (χ0v) is 20.5. The van der Waals surface area contributed by atoms with Crippen LogP contribution >= 0.6 is 23.1 Å². The number of anilines is 1. The van der Waals surface area contributed by atoms with Crippen LogP contribution in [0.5, 0.6) is 0 Å². The number of ether oxygens (including phenoxy) is 1. The SMILES string of the molecule is CCOC(=O)c1sc(N)c(C#N)c1CSc1nc2ccccc2c(=O)n1-c1ccc(C)c(C)c1. The molecule has 0 bridgehead atoms. The Morgan fingerprint density at radius 2 is 2.00 bits per heavy atom. The number of thiophene rings is 1.